The summed E-state index contributed by atoms with van der Waals surface area (Å²) < 4.78 is 0. The van der Waals surface area contributed by atoms with Crippen molar-refractivity contribution in [2.45, 2.75) is 6.92 Å². The van der Waals surface area contributed by atoms with Crippen LogP contribution < -0.4 is 0 Å². The zero-order valence-electron chi connectivity index (χ0n) is 18.4. The number of nitrogens with zero attached hydrogens (tertiary/aromatic N) is 2. The largest absolute Gasteiger partial charge is 0.249 e. The Kier molecular flexibility index (Phi) is 4.70. The molecular weight excluding hydrogens is 400 g/mol. The highest BCUT2D eigenvalue weighted by Crippen LogP contribution is 2.36. The van der Waals surface area contributed by atoms with E-state index in [0.717, 1.165) is 44.5 Å². The SMILES string of the molecule is Cc1nc2c(nc1-c1ccccc1)c(-c1ccc(-c3ccccc3)cc1)cc1ccccc12. The van der Waals surface area contributed by atoms with Crippen molar-refractivity contribution in [3.05, 3.63) is 121 Å². The van der Waals surface area contributed by atoms with Crippen LogP contribution in [0.5, 0.6) is 0 Å². The normalized spacial score (nSPS) is 11.2. The van der Waals surface area contributed by atoms with Gasteiger partial charge in [0.25, 0.3) is 0 Å². The maximum atomic E-state index is 5.19. The predicted octanol–water partition coefficient (Wildman–Crippen LogP) is 8.09. The van der Waals surface area contributed by atoms with Crippen LogP contribution in [0.3, 0.4) is 0 Å². The molecule has 1 heterocycles. The lowest BCUT2D eigenvalue weighted by molar-refractivity contribution is 1.19. The van der Waals surface area contributed by atoms with Gasteiger partial charge in [0, 0.05) is 16.5 Å². The van der Waals surface area contributed by atoms with Crippen LogP contribution in [0.1, 0.15) is 5.69 Å². The van der Waals surface area contributed by atoms with Gasteiger partial charge in [-0.25, -0.2) is 9.97 Å². The first-order valence-electron chi connectivity index (χ1n) is 11.2. The van der Waals surface area contributed by atoms with Crippen LogP contribution >= 0.6 is 0 Å². The third kappa shape index (κ3) is 3.46. The molecule has 33 heavy (non-hydrogen) atoms. The minimum absolute atomic E-state index is 0.931. The predicted molar refractivity (Wildman–Crippen MR) is 138 cm³/mol. The van der Waals surface area contributed by atoms with Crippen molar-refractivity contribution in [2.75, 3.05) is 0 Å². The van der Waals surface area contributed by atoms with E-state index in [0.29, 0.717) is 0 Å². The average Bonchev–Trinajstić information content (AvgIpc) is 2.89. The first-order chi connectivity index (χ1) is 16.3. The van der Waals surface area contributed by atoms with E-state index in [1.54, 1.807) is 0 Å². The van der Waals surface area contributed by atoms with Gasteiger partial charge in [0.2, 0.25) is 0 Å². The standard InChI is InChI=1S/C31H22N2/c1-21-29(25-12-6-3-7-13-25)33-31-28(20-26-14-8-9-15-27(26)30(31)32-21)24-18-16-23(17-19-24)22-10-4-2-5-11-22/h2-20H,1H3. The second kappa shape index (κ2) is 7.99. The highest BCUT2D eigenvalue weighted by atomic mass is 14.8. The number of aromatic nitrogens is 2. The Morgan fingerprint density at radius 2 is 1.06 bits per heavy atom. The molecule has 6 aromatic rings. The van der Waals surface area contributed by atoms with Gasteiger partial charge >= 0.3 is 0 Å². The number of rotatable bonds is 3. The zero-order valence-corrected chi connectivity index (χ0v) is 18.4. The minimum atomic E-state index is 0.931. The quantitative estimate of drug-likeness (QED) is 0.269. The molecule has 0 aliphatic carbocycles. The zero-order chi connectivity index (χ0) is 22.2. The van der Waals surface area contributed by atoms with Gasteiger partial charge in [-0.3, -0.25) is 0 Å². The summed E-state index contributed by atoms with van der Waals surface area (Å²) in [7, 11) is 0. The van der Waals surface area contributed by atoms with E-state index in [4.69, 9.17) is 9.97 Å². The summed E-state index contributed by atoms with van der Waals surface area (Å²) >= 11 is 0. The summed E-state index contributed by atoms with van der Waals surface area (Å²) in [6, 6.07) is 40.2. The fourth-order valence-corrected chi connectivity index (χ4v) is 4.52. The summed E-state index contributed by atoms with van der Waals surface area (Å²) in [6.07, 6.45) is 0. The maximum absolute atomic E-state index is 5.19. The molecule has 0 saturated heterocycles. The van der Waals surface area contributed by atoms with Crippen molar-refractivity contribution in [3.8, 4) is 33.5 Å². The van der Waals surface area contributed by atoms with Gasteiger partial charge in [-0.15, -0.1) is 0 Å². The molecule has 0 unspecified atom stereocenters. The molecule has 0 N–H and O–H groups in total. The van der Waals surface area contributed by atoms with Crippen LogP contribution in [-0.2, 0) is 0 Å². The average molecular weight is 423 g/mol. The summed E-state index contributed by atoms with van der Waals surface area (Å²) in [5.74, 6) is 0. The van der Waals surface area contributed by atoms with Gasteiger partial charge in [-0.2, -0.15) is 0 Å². The molecule has 0 atom stereocenters. The Morgan fingerprint density at radius 1 is 0.485 bits per heavy atom. The van der Waals surface area contributed by atoms with E-state index in [9.17, 15) is 0 Å². The highest BCUT2D eigenvalue weighted by molar-refractivity contribution is 6.10. The maximum Gasteiger partial charge on any atom is 0.0979 e. The topological polar surface area (TPSA) is 25.8 Å². The molecule has 0 fully saturated rings. The summed E-state index contributed by atoms with van der Waals surface area (Å²) in [6.45, 7) is 2.05. The van der Waals surface area contributed by atoms with E-state index in [1.165, 1.54) is 16.5 Å². The first-order valence-corrected chi connectivity index (χ1v) is 11.2. The van der Waals surface area contributed by atoms with Gasteiger partial charge in [0.1, 0.15) is 0 Å². The third-order valence-corrected chi connectivity index (χ3v) is 6.19. The van der Waals surface area contributed by atoms with E-state index in [1.807, 2.05) is 31.2 Å². The molecule has 0 aliphatic rings. The lowest BCUT2D eigenvalue weighted by Gasteiger charge is -2.13. The number of aryl methyl sites for hydroxylation is 1. The lowest BCUT2D eigenvalue weighted by Crippen LogP contribution is -1.97. The van der Waals surface area contributed by atoms with Crippen molar-refractivity contribution >= 4 is 21.8 Å². The molecule has 5 aromatic carbocycles. The number of fused-ring (bicyclic) bond motifs is 3. The molecule has 1 aromatic heterocycles. The summed E-state index contributed by atoms with van der Waals surface area (Å²) in [5, 5.41) is 2.31. The van der Waals surface area contributed by atoms with E-state index in [2.05, 4.69) is 91.0 Å². The van der Waals surface area contributed by atoms with Crippen molar-refractivity contribution < 1.29 is 0 Å². The molecule has 0 radical (unpaired) electrons. The Labute approximate surface area is 193 Å². The minimum Gasteiger partial charge on any atom is -0.249 e. The van der Waals surface area contributed by atoms with Crippen LogP contribution in [0, 0.1) is 6.92 Å². The fourth-order valence-electron chi connectivity index (χ4n) is 4.52. The summed E-state index contributed by atoms with van der Waals surface area (Å²) in [4.78, 5) is 10.3. The highest BCUT2D eigenvalue weighted by Gasteiger charge is 2.15. The van der Waals surface area contributed by atoms with Gasteiger partial charge in [0.15, 0.2) is 0 Å². The second-order valence-corrected chi connectivity index (χ2v) is 8.31. The van der Waals surface area contributed by atoms with Gasteiger partial charge in [-0.1, -0.05) is 109 Å². The third-order valence-electron chi connectivity index (χ3n) is 6.19. The van der Waals surface area contributed by atoms with Crippen LogP contribution in [0.2, 0.25) is 0 Å². The van der Waals surface area contributed by atoms with Crippen LogP contribution in [0.15, 0.2) is 115 Å². The Morgan fingerprint density at radius 3 is 1.79 bits per heavy atom. The van der Waals surface area contributed by atoms with Crippen LogP contribution in [0.25, 0.3) is 55.3 Å². The van der Waals surface area contributed by atoms with Gasteiger partial charge < -0.3 is 0 Å². The molecule has 0 aliphatic heterocycles. The molecule has 6 rings (SSSR count). The number of hydrogen-bond donors (Lipinski definition) is 0. The number of benzene rings is 5. The van der Waals surface area contributed by atoms with Crippen LogP contribution in [0.4, 0.5) is 0 Å². The molecule has 0 spiro atoms. The Balaban J connectivity index is 1.60. The smallest absolute Gasteiger partial charge is 0.0979 e. The van der Waals surface area contributed by atoms with Gasteiger partial charge in [-0.05, 0) is 35.1 Å². The van der Waals surface area contributed by atoms with Crippen molar-refractivity contribution in [1.82, 2.24) is 9.97 Å². The molecule has 0 bridgehead atoms. The van der Waals surface area contributed by atoms with Crippen LogP contribution in [-0.4, -0.2) is 9.97 Å². The van der Waals surface area contributed by atoms with E-state index in [-0.39, 0.29) is 0 Å². The second-order valence-electron chi connectivity index (χ2n) is 8.31. The molecule has 2 nitrogen and oxygen atoms in total. The Hall–Kier alpha value is -4.30. The Bertz CT molecular complexity index is 1590. The van der Waals surface area contributed by atoms with Crippen molar-refractivity contribution in [3.63, 3.8) is 0 Å². The van der Waals surface area contributed by atoms with E-state index >= 15 is 0 Å². The molecule has 2 heteroatoms. The van der Waals surface area contributed by atoms with E-state index < -0.39 is 0 Å². The monoisotopic (exact) mass is 422 g/mol. The molecule has 0 saturated carbocycles. The lowest BCUT2D eigenvalue weighted by atomic mass is 9.96. The summed E-state index contributed by atoms with van der Waals surface area (Å²) in [5.41, 5.74) is 9.51. The number of hydrogen-bond acceptors (Lipinski definition) is 2. The van der Waals surface area contributed by atoms with Crippen molar-refractivity contribution in [1.29, 1.82) is 0 Å². The molecular formula is C31H22N2. The molecule has 156 valence electrons. The van der Waals surface area contributed by atoms with Crippen molar-refractivity contribution in [2.24, 2.45) is 0 Å². The fraction of sp³-hybridized carbons (Fsp3) is 0.0323. The first kappa shape index (κ1) is 19.4. The molecule has 0 amide bonds. The van der Waals surface area contributed by atoms with Gasteiger partial charge in [0.05, 0.1) is 22.4 Å².